The van der Waals surface area contributed by atoms with E-state index in [-0.39, 0.29) is 5.84 Å². The molecule has 0 spiro atoms. The van der Waals surface area contributed by atoms with Crippen LogP contribution in [0.2, 0.25) is 5.02 Å². The number of amides is 2. The van der Waals surface area contributed by atoms with Crippen LogP contribution in [-0.4, -0.2) is 24.7 Å². The van der Waals surface area contributed by atoms with E-state index in [9.17, 15) is 4.79 Å². The standard InChI is InChI=1S/C16H12ClN3O2/c1-22-13-8-2-10(3-9-13)14-15(18)20(16(21)19-14)12-6-4-11(17)5-7-12/h2-9,18H,1H3. The van der Waals surface area contributed by atoms with Gasteiger partial charge < -0.3 is 4.74 Å². The molecule has 1 aliphatic heterocycles. The van der Waals surface area contributed by atoms with Crippen molar-refractivity contribution >= 4 is 34.9 Å². The van der Waals surface area contributed by atoms with Crippen molar-refractivity contribution in [3.63, 3.8) is 0 Å². The molecule has 110 valence electrons. The number of carbonyl (C=O) groups excluding carboxylic acids is 1. The van der Waals surface area contributed by atoms with E-state index in [2.05, 4.69) is 4.99 Å². The van der Waals surface area contributed by atoms with Crippen LogP contribution in [-0.2, 0) is 0 Å². The molecule has 5 nitrogen and oxygen atoms in total. The largest absolute Gasteiger partial charge is 0.497 e. The Bertz CT molecular complexity index is 767. The molecule has 1 N–H and O–H groups in total. The molecule has 0 radical (unpaired) electrons. The minimum Gasteiger partial charge on any atom is -0.497 e. The third-order valence-corrected chi connectivity index (χ3v) is 3.55. The number of carbonyl (C=O) groups is 1. The number of hydrogen-bond donors (Lipinski definition) is 1. The zero-order chi connectivity index (χ0) is 15.7. The van der Waals surface area contributed by atoms with Crippen LogP contribution in [0.3, 0.4) is 0 Å². The average molecular weight is 314 g/mol. The number of urea groups is 1. The Balaban J connectivity index is 1.92. The molecule has 2 amide bonds. The zero-order valence-electron chi connectivity index (χ0n) is 11.7. The Hall–Kier alpha value is -2.66. The van der Waals surface area contributed by atoms with E-state index < -0.39 is 6.03 Å². The highest BCUT2D eigenvalue weighted by Gasteiger charge is 2.31. The summed E-state index contributed by atoms with van der Waals surface area (Å²) in [5.41, 5.74) is 1.59. The van der Waals surface area contributed by atoms with Gasteiger partial charge in [0.1, 0.15) is 11.5 Å². The first-order valence-electron chi connectivity index (χ1n) is 6.52. The van der Waals surface area contributed by atoms with Gasteiger partial charge in [-0.25, -0.2) is 9.69 Å². The molecule has 1 aliphatic rings. The molecule has 0 bridgehead atoms. The van der Waals surface area contributed by atoms with Gasteiger partial charge in [-0.2, -0.15) is 4.99 Å². The van der Waals surface area contributed by atoms with Gasteiger partial charge in [-0.3, -0.25) is 5.41 Å². The molecule has 6 heteroatoms. The Kier molecular flexibility index (Phi) is 3.65. The van der Waals surface area contributed by atoms with E-state index in [4.69, 9.17) is 21.7 Å². The van der Waals surface area contributed by atoms with Gasteiger partial charge in [-0.05, 0) is 48.5 Å². The van der Waals surface area contributed by atoms with Crippen molar-refractivity contribution in [2.24, 2.45) is 4.99 Å². The summed E-state index contributed by atoms with van der Waals surface area (Å²) in [7, 11) is 1.58. The number of nitrogens with one attached hydrogen (secondary N) is 1. The zero-order valence-corrected chi connectivity index (χ0v) is 12.5. The van der Waals surface area contributed by atoms with Crippen molar-refractivity contribution in [3.05, 3.63) is 59.1 Å². The highest BCUT2D eigenvalue weighted by molar-refractivity contribution is 6.59. The first kappa shape index (κ1) is 14.3. The third kappa shape index (κ3) is 2.46. The number of hydrogen-bond acceptors (Lipinski definition) is 3. The van der Waals surface area contributed by atoms with Crippen LogP contribution in [0.15, 0.2) is 53.5 Å². The van der Waals surface area contributed by atoms with Gasteiger partial charge in [0, 0.05) is 10.6 Å². The topological polar surface area (TPSA) is 65.8 Å². The van der Waals surface area contributed by atoms with Crippen molar-refractivity contribution in [3.8, 4) is 5.75 Å². The van der Waals surface area contributed by atoms with Crippen LogP contribution in [0.25, 0.3) is 0 Å². The fraction of sp³-hybridized carbons (Fsp3) is 0.0625. The molecule has 22 heavy (non-hydrogen) atoms. The lowest BCUT2D eigenvalue weighted by Gasteiger charge is -2.15. The number of methoxy groups -OCH3 is 1. The predicted molar refractivity (Wildman–Crippen MR) is 86.6 cm³/mol. The van der Waals surface area contributed by atoms with Gasteiger partial charge in [0.2, 0.25) is 0 Å². The van der Waals surface area contributed by atoms with Gasteiger partial charge in [-0.1, -0.05) is 11.6 Å². The van der Waals surface area contributed by atoms with Gasteiger partial charge in [-0.15, -0.1) is 0 Å². The average Bonchev–Trinajstić information content (AvgIpc) is 2.83. The lowest BCUT2D eigenvalue weighted by molar-refractivity contribution is 0.257. The van der Waals surface area contributed by atoms with E-state index in [1.165, 1.54) is 4.90 Å². The number of ether oxygens (including phenoxy) is 1. The van der Waals surface area contributed by atoms with E-state index in [0.717, 1.165) is 0 Å². The first-order valence-corrected chi connectivity index (χ1v) is 6.89. The summed E-state index contributed by atoms with van der Waals surface area (Å²) < 4.78 is 5.10. The third-order valence-electron chi connectivity index (χ3n) is 3.29. The van der Waals surface area contributed by atoms with Crippen LogP contribution in [0.1, 0.15) is 5.56 Å². The molecule has 0 aliphatic carbocycles. The maximum Gasteiger partial charge on any atom is 0.354 e. The second-order valence-electron chi connectivity index (χ2n) is 4.63. The van der Waals surface area contributed by atoms with Crippen LogP contribution < -0.4 is 9.64 Å². The lowest BCUT2D eigenvalue weighted by atomic mass is 10.1. The second-order valence-corrected chi connectivity index (χ2v) is 5.07. The molecule has 2 aromatic carbocycles. The second kappa shape index (κ2) is 5.61. The van der Waals surface area contributed by atoms with Gasteiger partial charge in [0.15, 0.2) is 5.84 Å². The van der Waals surface area contributed by atoms with Crippen LogP contribution >= 0.6 is 11.6 Å². The molecule has 2 aromatic rings. The first-order chi connectivity index (χ1) is 10.6. The summed E-state index contributed by atoms with van der Waals surface area (Å²) in [6, 6.07) is 13.3. The van der Waals surface area contributed by atoms with Crippen LogP contribution in [0.4, 0.5) is 10.5 Å². The summed E-state index contributed by atoms with van der Waals surface area (Å²) in [6.45, 7) is 0. The summed E-state index contributed by atoms with van der Waals surface area (Å²) in [6.07, 6.45) is 0. The monoisotopic (exact) mass is 313 g/mol. The number of benzene rings is 2. The van der Waals surface area contributed by atoms with E-state index in [1.54, 1.807) is 55.6 Å². The maximum absolute atomic E-state index is 12.1. The van der Waals surface area contributed by atoms with Crippen molar-refractivity contribution in [1.29, 1.82) is 5.41 Å². The van der Waals surface area contributed by atoms with Gasteiger partial charge >= 0.3 is 6.03 Å². The summed E-state index contributed by atoms with van der Waals surface area (Å²) >= 11 is 5.85. The van der Waals surface area contributed by atoms with Crippen molar-refractivity contribution in [1.82, 2.24) is 0 Å². The molecule has 1 heterocycles. The van der Waals surface area contributed by atoms with Gasteiger partial charge in [0.05, 0.1) is 12.8 Å². The minimum atomic E-state index is -0.488. The highest BCUT2D eigenvalue weighted by atomic mass is 35.5. The van der Waals surface area contributed by atoms with Crippen molar-refractivity contribution in [2.75, 3.05) is 12.0 Å². The number of rotatable bonds is 3. The fourth-order valence-corrected chi connectivity index (χ4v) is 2.31. The number of aliphatic imine (C=N–C) groups is 1. The molecular weight excluding hydrogens is 302 g/mol. The Morgan fingerprint density at radius 3 is 2.32 bits per heavy atom. The Labute approximate surface area is 132 Å². The normalized spacial score (nSPS) is 14.3. The molecule has 0 aromatic heterocycles. The molecule has 0 unspecified atom stereocenters. The quantitative estimate of drug-likeness (QED) is 0.937. The SMILES string of the molecule is COc1ccc(C2=NC(=O)N(c3ccc(Cl)cc3)C2=N)cc1. The van der Waals surface area contributed by atoms with Crippen molar-refractivity contribution < 1.29 is 9.53 Å². The predicted octanol–water partition coefficient (Wildman–Crippen LogP) is 3.76. The van der Waals surface area contributed by atoms with E-state index >= 15 is 0 Å². The number of halogens is 1. The summed E-state index contributed by atoms with van der Waals surface area (Å²) in [5.74, 6) is 0.743. The summed E-state index contributed by atoms with van der Waals surface area (Å²) in [4.78, 5) is 17.3. The Morgan fingerprint density at radius 2 is 1.73 bits per heavy atom. The van der Waals surface area contributed by atoms with Gasteiger partial charge in [0.25, 0.3) is 0 Å². The molecular formula is C16H12ClN3O2. The smallest absolute Gasteiger partial charge is 0.354 e. The summed E-state index contributed by atoms with van der Waals surface area (Å²) in [5, 5.41) is 8.80. The highest BCUT2D eigenvalue weighted by Crippen LogP contribution is 2.24. The fourth-order valence-electron chi connectivity index (χ4n) is 2.18. The molecule has 0 saturated carbocycles. The molecule has 0 fully saturated rings. The number of anilines is 1. The number of amidine groups is 1. The van der Waals surface area contributed by atoms with Crippen LogP contribution in [0.5, 0.6) is 5.75 Å². The maximum atomic E-state index is 12.1. The molecule has 3 rings (SSSR count). The Morgan fingerprint density at radius 1 is 1.09 bits per heavy atom. The van der Waals surface area contributed by atoms with Crippen LogP contribution in [0, 0.1) is 5.41 Å². The number of nitrogens with zero attached hydrogens (tertiary/aromatic N) is 2. The molecule has 0 saturated heterocycles. The lowest BCUT2D eigenvalue weighted by Crippen LogP contribution is -2.32. The molecule has 0 atom stereocenters. The van der Waals surface area contributed by atoms with E-state index in [0.29, 0.717) is 27.7 Å². The van der Waals surface area contributed by atoms with E-state index in [1.807, 2.05) is 0 Å². The van der Waals surface area contributed by atoms with Crippen molar-refractivity contribution in [2.45, 2.75) is 0 Å². The minimum absolute atomic E-state index is 0.0393.